The Morgan fingerprint density at radius 1 is 1.29 bits per heavy atom. The molecule has 7 heteroatoms. The summed E-state index contributed by atoms with van der Waals surface area (Å²) in [6.07, 6.45) is -2.81. The molecule has 3 aromatic rings. The third-order valence-electron chi connectivity index (χ3n) is 2.59. The van der Waals surface area contributed by atoms with Gasteiger partial charge in [0.05, 0.1) is 16.6 Å². The molecule has 3 rings (SSSR count). The van der Waals surface area contributed by atoms with Crippen LogP contribution in [0.1, 0.15) is 5.56 Å². The number of alkyl halides is 3. The maximum Gasteiger partial charge on any atom is 0.418 e. The lowest BCUT2D eigenvalue weighted by molar-refractivity contribution is -0.136. The number of anilines is 1. The summed E-state index contributed by atoms with van der Waals surface area (Å²) in [7, 11) is 0. The van der Waals surface area contributed by atoms with E-state index in [1.165, 1.54) is 6.07 Å². The largest absolute Gasteiger partial charge is 0.418 e. The van der Waals surface area contributed by atoms with Crippen LogP contribution >= 0.6 is 0 Å². The first-order chi connectivity index (χ1) is 7.97. The van der Waals surface area contributed by atoms with Gasteiger partial charge in [-0.25, -0.2) is 9.50 Å². The van der Waals surface area contributed by atoms with Crippen LogP contribution in [0.3, 0.4) is 0 Å². The van der Waals surface area contributed by atoms with Gasteiger partial charge in [-0.1, -0.05) is 0 Å². The van der Waals surface area contributed by atoms with Gasteiger partial charge in [-0.2, -0.15) is 13.2 Å². The Morgan fingerprint density at radius 3 is 2.76 bits per heavy atom. The second-order valence-electron chi connectivity index (χ2n) is 3.69. The van der Waals surface area contributed by atoms with Gasteiger partial charge < -0.3 is 5.73 Å². The molecule has 88 valence electrons. The number of nitrogen functional groups attached to an aromatic ring is 1. The van der Waals surface area contributed by atoms with Gasteiger partial charge in [-0.15, -0.1) is 0 Å². The molecule has 1 aromatic carbocycles. The van der Waals surface area contributed by atoms with Gasteiger partial charge in [0.15, 0.2) is 5.65 Å². The van der Waals surface area contributed by atoms with E-state index in [1.807, 2.05) is 0 Å². The monoisotopic (exact) mass is 240 g/mol. The zero-order valence-corrected chi connectivity index (χ0v) is 8.42. The molecule has 0 fully saturated rings. The standard InChI is InChI=1S/C10H7F3N4/c11-10(12,13)5-3-7-8(4-6(5)14)17-9(16-7)1-2-15-17/h1-4,15H,14H2. The van der Waals surface area contributed by atoms with Crippen LogP contribution in [0.25, 0.3) is 16.7 Å². The van der Waals surface area contributed by atoms with Gasteiger partial charge >= 0.3 is 6.18 Å². The summed E-state index contributed by atoms with van der Waals surface area (Å²) in [5, 5.41) is 2.85. The minimum atomic E-state index is -4.46. The van der Waals surface area contributed by atoms with Crippen molar-refractivity contribution in [2.45, 2.75) is 6.18 Å². The molecule has 0 spiro atoms. The van der Waals surface area contributed by atoms with Crippen molar-refractivity contribution >= 4 is 22.4 Å². The summed E-state index contributed by atoms with van der Waals surface area (Å²) in [6.45, 7) is 0. The number of hydrogen-bond donors (Lipinski definition) is 2. The predicted octanol–water partition coefficient (Wildman–Crippen LogP) is 2.42. The minimum Gasteiger partial charge on any atom is -0.398 e. The average molecular weight is 240 g/mol. The molecule has 0 unspecified atom stereocenters. The number of nitrogens with zero attached hydrogens (tertiary/aromatic N) is 2. The van der Waals surface area contributed by atoms with E-state index in [1.54, 1.807) is 16.8 Å². The van der Waals surface area contributed by atoms with Crippen LogP contribution in [0.2, 0.25) is 0 Å². The molecule has 2 heterocycles. The van der Waals surface area contributed by atoms with Crippen LogP contribution in [-0.4, -0.2) is 14.6 Å². The molecular formula is C10H7F3N4. The zero-order chi connectivity index (χ0) is 12.2. The summed E-state index contributed by atoms with van der Waals surface area (Å²) in [5.74, 6) is 0. The highest BCUT2D eigenvalue weighted by atomic mass is 19.4. The third kappa shape index (κ3) is 1.35. The van der Waals surface area contributed by atoms with E-state index >= 15 is 0 Å². The molecule has 3 N–H and O–H groups in total. The van der Waals surface area contributed by atoms with Crippen molar-refractivity contribution in [2.24, 2.45) is 0 Å². The van der Waals surface area contributed by atoms with Gasteiger partial charge in [0, 0.05) is 18.0 Å². The summed E-state index contributed by atoms with van der Waals surface area (Å²) in [6, 6.07) is 3.91. The van der Waals surface area contributed by atoms with Gasteiger partial charge in [-0.05, 0) is 12.1 Å². The number of hydrogen-bond acceptors (Lipinski definition) is 2. The highest BCUT2D eigenvalue weighted by Crippen LogP contribution is 2.35. The van der Waals surface area contributed by atoms with Crippen LogP contribution in [0.15, 0.2) is 24.4 Å². The first kappa shape index (κ1) is 10.0. The Morgan fingerprint density at radius 2 is 2.06 bits per heavy atom. The number of nitrogens with one attached hydrogen (secondary N) is 1. The van der Waals surface area contributed by atoms with Crippen LogP contribution in [0.5, 0.6) is 0 Å². The van der Waals surface area contributed by atoms with Crippen LogP contribution in [0, 0.1) is 0 Å². The van der Waals surface area contributed by atoms with E-state index in [2.05, 4.69) is 10.1 Å². The van der Waals surface area contributed by atoms with Gasteiger partial charge in [0.1, 0.15) is 0 Å². The Kier molecular flexibility index (Phi) is 1.73. The summed E-state index contributed by atoms with van der Waals surface area (Å²) >= 11 is 0. The number of nitrogens with two attached hydrogens (primary N) is 1. The molecule has 0 aliphatic rings. The number of fused-ring (bicyclic) bond motifs is 3. The molecule has 0 bridgehead atoms. The first-order valence-electron chi connectivity index (χ1n) is 4.79. The van der Waals surface area contributed by atoms with Gasteiger partial charge in [0.2, 0.25) is 0 Å². The molecule has 2 aromatic heterocycles. The number of halogens is 3. The molecule has 0 aliphatic carbocycles. The van der Waals surface area contributed by atoms with Gasteiger partial charge in [0.25, 0.3) is 0 Å². The van der Waals surface area contributed by atoms with Crippen molar-refractivity contribution in [1.29, 1.82) is 0 Å². The Balaban J connectivity index is 2.39. The van der Waals surface area contributed by atoms with Crippen molar-refractivity contribution in [1.82, 2.24) is 14.6 Å². The lowest BCUT2D eigenvalue weighted by Crippen LogP contribution is -2.08. The topological polar surface area (TPSA) is 59.1 Å². The SMILES string of the molecule is Nc1cc2c(cc1C(F)(F)F)nc1cc[nH]n12. The lowest BCUT2D eigenvalue weighted by atomic mass is 10.1. The molecule has 17 heavy (non-hydrogen) atoms. The van der Waals surface area contributed by atoms with Crippen molar-refractivity contribution in [2.75, 3.05) is 5.73 Å². The van der Waals surface area contributed by atoms with Crippen molar-refractivity contribution < 1.29 is 13.2 Å². The second-order valence-corrected chi connectivity index (χ2v) is 3.69. The van der Waals surface area contributed by atoms with Crippen LogP contribution < -0.4 is 5.73 Å². The molecular weight excluding hydrogens is 233 g/mol. The number of imidazole rings is 1. The molecule has 4 nitrogen and oxygen atoms in total. The fourth-order valence-corrected chi connectivity index (χ4v) is 1.84. The summed E-state index contributed by atoms with van der Waals surface area (Å²) in [4.78, 5) is 4.07. The minimum absolute atomic E-state index is 0.262. The van der Waals surface area contributed by atoms with Gasteiger partial charge in [-0.3, -0.25) is 5.10 Å². The Labute approximate surface area is 92.8 Å². The molecule has 0 atom stereocenters. The summed E-state index contributed by atoms with van der Waals surface area (Å²) in [5.41, 5.74) is 5.60. The van der Waals surface area contributed by atoms with Crippen molar-refractivity contribution in [3.8, 4) is 0 Å². The van der Waals surface area contributed by atoms with E-state index in [0.29, 0.717) is 11.2 Å². The van der Waals surface area contributed by atoms with E-state index in [9.17, 15) is 13.2 Å². The highest BCUT2D eigenvalue weighted by Gasteiger charge is 2.33. The van der Waals surface area contributed by atoms with E-state index in [4.69, 9.17) is 5.73 Å². The zero-order valence-electron chi connectivity index (χ0n) is 8.42. The number of H-pyrrole nitrogens is 1. The third-order valence-corrected chi connectivity index (χ3v) is 2.59. The molecule has 0 radical (unpaired) electrons. The average Bonchev–Trinajstić information content (AvgIpc) is 2.75. The number of rotatable bonds is 0. The van der Waals surface area contributed by atoms with Crippen LogP contribution in [0.4, 0.5) is 18.9 Å². The smallest absolute Gasteiger partial charge is 0.398 e. The lowest BCUT2D eigenvalue weighted by Gasteiger charge is -2.09. The maximum atomic E-state index is 12.6. The predicted molar refractivity (Wildman–Crippen MR) is 56.5 cm³/mol. The first-order valence-corrected chi connectivity index (χ1v) is 4.79. The number of aromatic amines is 1. The van der Waals surface area contributed by atoms with E-state index in [0.717, 1.165) is 6.07 Å². The van der Waals surface area contributed by atoms with E-state index < -0.39 is 11.7 Å². The fourth-order valence-electron chi connectivity index (χ4n) is 1.84. The quantitative estimate of drug-likeness (QED) is 0.593. The van der Waals surface area contributed by atoms with Crippen molar-refractivity contribution in [3.63, 3.8) is 0 Å². The van der Waals surface area contributed by atoms with E-state index in [-0.39, 0.29) is 11.2 Å². The van der Waals surface area contributed by atoms with Crippen molar-refractivity contribution in [3.05, 3.63) is 30.0 Å². The summed E-state index contributed by atoms with van der Waals surface area (Å²) < 4.78 is 39.5. The molecule has 0 aliphatic heterocycles. The maximum absolute atomic E-state index is 12.6. The second kappa shape index (κ2) is 2.93. The highest BCUT2D eigenvalue weighted by molar-refractivity contribution is 5.84. The molecule has 0 saturated heterocycles. The Bertz CT molecular complexity index is 707. The molecule has 0 amide bonds. The molecule has 0 saturated carbocycles. The Hall–Kier alpha value is -2.18. The number of aromatic nitrogens is 3. The fraction of sp³-hybridized carbons (Fsp3) is 0.100. The number of benzene rings is 1. The van der Waals surface area contributed by atoms with Crippen LogP contribution in [-0.2, 0) is 6.18 Å². The normalized spacial score (nSPS) is 12.6.